The van der Waals surface area contributed by atoms with Crippen molar-refractivity contribution in [2.24, 2.45) is 5.41 Å². The van der Waals surface area contributed by atoms with Gasteiger partial charge in [0.25, 0.3) is 0 Å². The number of aromatic nitrogens is 1. The van der Waals surface area contributed by atoms with Gasteiger partial charge in [0, 0.05) is 31.5 Å². The van der Waals surface area contributed by atoms with Crippen LogP contribution in [0.25, 0.3) is 10.4 Å². The summed E-state index contributed by atoms with van der Waals surface area (Å²) in [5, 5.41) is 16.5. The van der Waals surface area contributed by atoms with E-state index in [1.54, 1.807) is 11.3 Å². The molecule has 3 N–H and O–H groups in total. The monoisotopic (exact) mass is 581 g/mol. The molecular formula is C31H43N5O4S. The molecule has 3 atom stereocenters. The molecule has 0 spiro atoms. The molecule has 1 aromatic heterocycles. The molecule has 1 aromatic carbocycles. The van der Waals surface area contributed by atoms with E-state index in [0.717, 1.165) is 60.5 Å². The molecule has 3 fully saturated rings. The molecule has 3 aliphatic heterocycles. The Morgan fingerprint density at radius 3 is 2.44 bits per heavy atom. The van der Waals surface area contributed by atoms with E-state index in [2.05, 4.69) is 20.5 Å². The minimum atomic E-state index is -0.800. The average Bonchev–Trinajstić information content (AvgIpc) is 3.69. The van der Waals surface area contributed by atoms with Crippen molar-refractivity contribution in [2.75, 3.05) is 19.6 Å². The predicted molar refractivity (Wildman–Crippen MR) is 159 cm³/mol. The van der Waals surface area contributed by atoms with Gasteiger partial charge in [0.1, 0.15) is 12.1 Å². The van der Waals surface area contributed by atoms with Gasteiger partial charge < -0.3 is 20.6 Å². The summed E-state index contributed by atoms with van der Waals surface area (Å²) in [6, 6.07) is 6.39. The van der Waals surface area contributed by atoms with Crippen molar-refractivity contribution in [3.8, 4) is 10.4 Å². The zero-order valence-corrected chi connectivity index (χ0v) is 25.4. The third-order valence-electron chi connectivity index (χ3n) is 9.01. The van der Waals surface area contributed by atoms with Gasteiger partial charge in [-0.15, -0.1) is 11.3 Å². The Morgan fingerprint density at radius 2 is 1.83 bits per heavy atom. The summed E-state index contributed by atoms with van der Waals surface area (Å²) >= 11 is 1.60. The van der Waals surface area contributed by atoms with Gasteiger partial charge in [-0.25, -0.2) is 4.98 Å². The number of carbonyl (C=O) groups is 3. The molecule has 222 valence electrons. The van der Waals surface area contributed by atoms with E-state index in [4.69, 9.17) is 0 Å². The third-order valence-corrected chi connectivity index (χ3v) is 9.99. The Balaban J connectivity index is 1.23. The lowest BCUT2D eigenvalue weighted by molar-refractivity contribution is -0.144. The van der Waals surface area contributed by atoms with Crippen LogP contribution in [0.1, 0.15) is 70.6 Å². The fourth-order valence-corrected chi connectivity index (χ4v) is 7.62. The number of nitrogens with zero attached hydrogens (tertiary/aromatic N) is 3. The smallest absolute Gasteiger partial charge is 0.246 e. The van der Waals surface area contributed by atoms with E-state index in [-0.39, 0.29) is 36.2 Å². The number of β-amino-alcohol motifs (C(OH)–C–C–N with tert-alkyl or cyclic N) is 1. The van der Waals surface area contributed by atoms with Gasteiger partial charge in [-0.2, -0.15) is 0 Å². The van der Waals surface area contributed by atoms with Crippen LogP contribution in [0.3, 0.4) is 0 Å². The minimum Gasteiger partial charge on any atom is -0.391 e. The summed E-state index contributed by atoms with van der Waals surface area (Å²) in [5.74, 6) is -0.744. The quantitative estimate of drug-likeness (QED) is 0.441. The Labute approximate surface area is 246 Å². The number of nitrogens with one attached hydrogen (secondary N) is 2. The Hall–Kier alpha value is -2.82. The molecule has 5 rings (SSSR count). The lowest BCUT2D eigenvalue weighted by Gasteiger charge is -2.37. The first-order chi connectivity index (χ1) is 19.5. The molecule has 9 nitrogen and oxygen atoms in total. The molecule has 4 heterocycles. The highest BCUT2D eigenvalue weighted by atomic mass is 32.1. The number of benzene rings is 1. The molecule has 3 amide bonds. The van der Waals surface area contributed by atoms with Gasteiger partial charge >= 0.3 is 0 Å². The first kappa shape index (κ1) is 29.7. The first-order valence-corrected chi connectivity index (χ1v) is 15.6. The number of amides is 3. The fourth-order valence-electron chi connectivity index (χ4n) is 6.81. The zero-order chi connectivity index (χ0) is 29.4. The number of thiazole rings is 1. The fraction of sp³-hybridized carbons (Fsp3) is 0.613. The van der Waals surface area contributed by atoms with Crippen LogP contribution in [0.5, 0.6) is 0 Å². The molecule has 10 heteroatoms. The summed E-state index contributed by atoms with van der Waals surface area (Å²) in [7, 11) is 0. The van der Waals surface area contributed by atoms with Crippen LogP contribution in [0.2, 0.25) is 0 Å². The minimum absolute atomic E-state index is 0.0694. The molecule has 0 bridgehead atoms. The maximum atomic E-state index is 13.9. The highest BCUT2D eigenvalue weighted by molar-refractivity contribution is 7.13. The molecule has 2 aromatic rings. The summed E-state index contributed by atoms with van der Waals surface area (Å²) in [4.78, 5) is 49.9. The lowest BCUT2D eigenvalue weighted by Crippen LogP contribution is -2.58. The molecule has 3 saturated heterocycles. The van der Waals surface area contributed by atoms with Gasteiger partial charge in [0.15, 0.2) is 0 Å². The topological polar surface area (TPSA) is 115 Å². The number of hydrogen-bond donors (Lipinski definition) is 3. The normalized spacial score (nSPS) is 22.9. The standard InChI is InChI=1S/C31H43N5O4S/c1-20-26(41-19-33-20)22-9-7-21(8-10-22)17-32-28(39)24-15-23(37)18-36(24)29(40)27(30(2,3)4)34-25(38)16-31-11-5-13-35(31)14-6-12-31/h7-10,19,23-24,27,37H,5-6,11-18H2,1-4H3,(H,32,39)(H,34,38)/t23-,24+,27-/m1/s1. The molecule has 0 aliphatic carbocycles. The summed E-state index contributed by atoms with van der Waals surface area (Å²) in [6.07, 6.45) is 4.01. The summed E-state index contributed by atoms with van der Waals surface area (Å²) in [5.41, 5.74) is 4.19. The SMILES string of the molecule is Cc1ncsc1-c1ccc(CNC(=O)[C@@H]2C[C@@H](O)CN2C(=O)[C@@H](NC(=O)CC23CCCN2CCC3)C(C)(C)C)cc1. The molecule has 0 unspecified atom stereocenters. The van der Waals surface area contributed by atoms with Crippen molar-refractivity contribution >= 4 is 29.1 Å². The number of aliphatic hydroxyl groups excluding tert-OH is 1. The second-order valence-corrected chi connectivity index (χ2v) is 13.9. The predicted octanol–water partition coefficient (Wildman–Crippen LogP) is 3.25. The van der Waals surface area contributed by atoms with Crippen molar-refractivity contribution in [1.82, 2.24) is 25.4 Å². The largest absolute Gasteiger partial charge is 0.391 e. The van der Waals surface area contributed by atoms with Gasteiger partial charge in [0.05, 0.1) is 22.2 Å². The third kappa shape index (κ3) is 6.34. The number of aliphatic hydroxyl groups is 1. The first-order valence-electron chi connectivity index (χ1n) is 14.8. The number of aryl methyl sites for hydroxylation is 1. The maximum Gasteiger partial charge on any atom is 0.246 e. The van der Waals surface area contributed by atoms with E-state index in [1.807, 2.05) is 57.5 Å². The zero-order valence-electron chi connectivity index (χ0n) is 24.6. The van der Waals surface area contributed by atoms with Crippen LogP contribution in [0.15, 0.2) is 29.8 Å². The van der Waals surface area contributed by atoms with Crippen molar-refractivity contribution < 1.29 is 19.5 Å². The van der Waals surface area contributed by atoms with Crippen molar-refractivity contribution in [3.05, 3.63) is 41.0 Å². The molecule has 0 saturated carbocycles. The second-order valence-electron chi connectivity index (χ2n) is 13.0. The summed E-state index contributed by atoms with van der Waals surface area (Å²) in [6.45, 7) is 10.2. The van der Waals surface area contributed by atoms with Crippen molar-refractivity contribution in [2.45, 2.75) is 96.5 Å². The Bertz CT molecular complexity index is 1260. The van der Waals surface area contributed by atoms with E-state index in [0.29, 0.717) is 13.0 Å². The van der Waals surface area contributed by atoms with Crippen molar-refractivity contribution in [1.29, 1.82) is 0 Å². The van der Waals surface area contributed by atoms with E-state index in [1.165, 1.54) is 4.90 Å². The van der Waals surface area contributed by atoms with Gasteiger partial charge in [0.2, 0.25) is 17.7 Å². The molecule has 41 heavy (non-hydrogen) atoms. The second kappa shape index (κ2) is 11.8. The van der Waals surface area contributed by atoms with Gasteiger partial charge in [-0.05, 0) is 62.2 Å². The van der Waals surface area contributed by atoms with Crippen LogP contribution in [-0.4, -0.2) is 81.0 Å². The number of likely N-dealkylation sites (tertiary alicyclic amines) is 1. The highest BCUT2D eigenvalue weighted by Crippen LogP contribution is 2.41. The Morgan fingerprint density at radius 1 is 1.15 bits per heavy atom. The Kier molecular flexibility index (Phi) is 8.55. The maximum absolute atomic E-state index is 13.9. The number of hydrogen-bond acceptors (Lipinski definition) is 7. The van der Waals surface area contributed by atoms with E-state index < -0.39 is 23.6 Å². The van der Waals surface area contributed by atoms with Crippen LogP contribution in [0, 0.1) is 12.3 Å². The summed E-state index contributed by atoms with van der Waals surface area (Å²) < 4.78 is 0. The van der Waals surface area contributed by atoms with Crippen LogP contribution in [0.4, 0.5) is 0 Å². The van der Waals surface area contributed by atoms with E-state index in [9.17, 15) is 19.5 Å². The number of fused-ring (bicyclic) bond motifs is 1. The molecule has 0 radical (unpaired) electrons. The van der Waals surface area contributed by atoms with Crippen LogP contribution < -0.4 is 10.6 Å². The molecule has 3 aliphatic rings. The van der Waals surface area contributed by atoms with Gasteiger partial charge in [-0.1, -0.05) is 45.0 Å². The lowest BCUT2D eigenvalue weighted by atomic mass is 9.84. The molecular weight excluding hydrogens is 538 g/mol. The van der Waals surface area contributed by atoms with E-state index >= 15 is 0 Å². The number of rotatable bonds is 8. The van der Waals surface area contributed by atoms with Crippen LogP contribution in [-0.2, 0) is 20.9 Å². The van der Waals surface area contributed by atoms with Crippen LogP contribution >= 0.6 is 11.3 Å². The average molecular weight is 582 g/mol. The van der Waals surface area contributed by atoms with Crippen molar-refractivity contribution in [3.63, 3.8) is 0 Å². The van der Waals surface area contributed by atoms with Gasteiger partial charge in [-0.3, -0.25) is 19.3 Å². The number of carbonyl (C=O) groups excluding carboxylic acids is 3. The highest BCUT2D eigenvalue weighted by Gasteiger charge is 2.48.